The Kier molecular flexibility index (Phi) is 5.67. The first-order valence-corrected chi connectivity index (χ1v) is 8.14. The van der Waals surface area contributed by atoms with Crippen LogP contribution in [0.25, 0.3) is 0 Å². The highest BCUT2D eigenvalue weighted by Gasteiger charge is 2.23. The summed E-state index contributed by atoms with van der Waals surface area (Å²) < 4.78 is 42.4. The predicted molar refractivity (Wildman–Crippen MR) is 88.7 cm³/mol. The van der Waals surface area contributed by atoms with Gasteiger partial charge in [0.05, 0.1) is 6.04 Å². The SMILES string of the molecule is CCNC(c1cc(I)ccc1Br)c1ccc(F)c(F)c1F. The van der Waals surface area contributed by atoms with Crippen LogP contribution in [0.4, 0.5) is 13.2 Å². The molecule has 0 saturated carbocycles. The molecule has 112 valence electrons. The lowest BCUT2D eigenvalue weighted by Crippen LogP contribution is -2.24. The van der Waals surface area contributed by atoms with Crippen LogP contribution in [0.2, 0.25) is 0 Å². The summed E-state index contributed by atoms with van der Waals surface area (Å²) in [4.78, 5) is 0. The molecule has 1 N–H and O–H groups in total. The zero-order valence-electron chi connectivity index (χ0n) is 11.1. The molecule has 0 spiro atoms. The molecule has 0 aliphatic carbocycles. The quantitative estimate of drug-likeness (QED) is 0.481. The highest BCUT2D eigenvalue weighted by atomic mass is 127. The van der Waals surface area contributed by atoms with Crippen molar-refractivity contribution >= 4 is 38.5 Å². The Balaban J connectivity index is 2.59. The van der Waals surface area contributed by atoms with E-state index in [0.717, 1.165) is 19.7 Å². The van der Waals surface area contributed by atoms with E-state index in [1.54, 1.807) is 0 Å². The second kappa shape index (κ2) is 7.11. The number of benzene rings is 2. The molecule has 0 saturated heterocycles. The Hall–Kier alpha value is -0.600. The van der Waals surface area contributed by atoms with Crippen molar-refractivity contribution in [2.75, 3.05) is 6.54 Å². The molecule has 1 atom stereocenters. The molecule has 0 heterocycles. The minimum absolute atomic E-state index is 0.0819. The third kappa shape index (κ3) is 3.60. The normalized spacial score (nSPS) is 12.5. The molecule has 0 aliphatic rings. The van der Waals surface area contributed by atoms with Crippen LogP contribution in [0.3, 0.4) is 0 Å². The van der Waals surface area contributed by atoms with E-state index >= 15 is 0 Å². The molecule has 2 rings (SSSR count). The van der Waals surface area contributed by atoms with Gasteiger partial charge in [-0.05, 0) is 59.0 Å². The minimum Gasteiger partial charge on any atom is -0.306 e. The maximum Gasteiger partial charge on any atom is 0.194 e. The Morgan fingerprint density at radius 1 is 1.10 bits per heavy atom. The van der Waals surface area contributed by atoms with Crippen molar-refractivity contribution in [2.45, 2.75) is 13.0 Å². The molecule has 0 radical (unpaired) electrons. The molecular weight excluding hydrogens is 458 g/mol. The monoisotopic (exact) mass is 469 g/mol. The van der Waals surface area contributed by atoms with E-state index in [2.05, 4.69) is 43.8 Å². The highest BCUT2D eigenvalue weighted by Crippen LogP contribution is 2.32. The van der Waals surface area contributed by atoms with Gasteiger partial charge in [-0.3, -0.25) is 0 Å². The van der Waals surface area contributed by atoms with Crippen LogP contribution in [-0.4, -0.2) is 6.54 Å². The van der Waals surface area contributed by atoms with Crippen molar-refractivity contribution in [1.29, 1.82) is 0 Å². The zero-order chi connectivity index (χ0) is 15.6. The Morgan fingerprint density at radius 3 is 2.48 bits per heavy atom. The summed E-state index contributed by atoms with van der Waals surface area (Å²) in [7, 11) is 0. The fourth-order valence-corrected chi connectivity index (χ4v) is 3.08. The molecule has 21 heavy (non-hydrogen) atoms. The van der Waals surface area contributed by atoms with E-state index in [4.69, 9.17) is 0 Å². The van der Waals surface area contributed by atoms with Crippen molar-refractivity contribution in [3.05, 3.63) is 67.0 Å². The molecule has 1 unspecified atom stereocenters. The van der Waals surface area contributed by atoms with Crippen LogP contribution in [0, 0.1) is 21.0 Å². The number of hydrogen-bond acceptors (Lipinski definition) is 1. The van der Waals surface area contributed by atoms with Gasteiger partial charge in [0.2, 0.25) is 0 Å². The maximum atomic E-state index is 14.1. The standard InChI is InChI=1S/C15H12BrF3IN/c1-2-21-15(10-7-8(20)3-5-11(10)16)9-4-6-12(17)14(19)13(9)18/h3-7,15,21H,2H2,1H3. The average Bonchev–Trinajstić information content (AvgIpc) is 2.46. The summed E-state index contributed by atoms with van der Waals surface area (Å²) >= 11 is 5.57. The van der Waals surface area contributed by atoms with Gasteiger partial charge in [0, 0.05) is 13.6 Å². The molecule has 0 aromatic heterocycles. The van der Waals surface area contributed by atoms with E-state index in [9.17, 15) is 13.2 Å². The number of halogens is 5. The third-order valence-corrected chi connectivity index (χ3v) is 4.45. The summed E-state index contributed by atoms with van der Waals surface area (Å²) in [6.07, 6.45) is 0. The van der Waals surface area contributed by atoms with Crippen molar-refractivity contribution in [3.8, 4) is 0 Å². The Labute approximate surface area is 143 Å². The first-order valence-electron chi connectivity index (χ1n) is 6.27. The van der Waals surface area contributed by atoms with E-state index in [1.807, 2.05) is 25.1 Å². The largest absolute Gasteiger partial charge is 0.306 e. The van der Waals surface area contributed by atoms with E-state index in [0.29, 0.717) is 6.54 Å². The van der Waals surface area contributed by atoms with Gasteiger partial charge >= 0.3 is 0 Å². The van der Waals surface area contributed by atoms with Crippen LogP contribution in [0.1, 0.15) is 24.1 Å². The third-order valence-electron chi connectivity index (χ3n) is 3.05. The van der Waals surface area contributed by atoms with Gasteiger partial charge in [-0.15, -0.1) is 0 Å². The van der Waals surface area contributed by atoms with Gasteiger partial charge in [-0.2, -0.15) is 0 Å². The van der Waals surface area contributed by atoms with Crippen molar-refractivity contribution in [2.24, 2.45) is 0 Å². The Morgan fingerprint density at radius 2 is 1.81 bits per heavy atom. The highest BCUT2D eigenvalue weighted by molar-refractivity contribution is 14.1. The first kappa shape index (κ1) is 16.8. The zero-order valence-corrected chi connectivity index (χ0v) is 14.8. The number of hydrogen-bond donors (Lipinski definition) is 1. The molecule has 2 aromatic carbocycles. The molecule has 0 aliphatic heterocycles. The van der Waals surface area contributed by atoms with Crippen LogP contribution in [-0.2, 0) is 0 Å². The molecule has 6 heteroatoms. The molecule has 2 aromatic rings. The van der Waals surface area contributed by atoms with Crippen LogP contribution < -0.4 is 5.32 Å². The summed E-state index contributed by atoms with van der Waals surface area (Å²) in [6.45, 7) is 2.42. The lowest BCUT2D eigenvalue weighted by atomic mass is 9.98. The van der Waals surface area contributed by atoms with Crippen LogP contribution >= 0.6 is 38.5 Å². The average molecular weight is 470 g/mol. The van der Waals surface area contributed by atoms with E-state index < -0.39 is 23.5 Å². The number of rotatable bonds is 4. The second-order valence-corrected chi connectivity index (χ2v) is 6.52. The maximum absolute atomic E-state index is 14.1. The van der Waals surface area contributed by atoms with Crippen molar-refractivity contribution in [3.63, 3.8) is 0 Å². The van der Waals surface area contributed by atoms with Gasteiger partial charge in [-0.25, -0.2) is 13.2 Å². The van der Waals surface area contributed by atoms with Gasteiger partial charge in [0.15, 0.2) is 17.5 Å². The molecule has 0 bridgehead atoms. The van der Waals surface area contributed by atoms with Crippen LogP contribution in [0.5, 0.6) is 0 Å². The van der Waals surface area contributed by atoms with Crippen LogP contribution in [0.15, 0.2) is 34.8 Å². The first-order chi connectivity index (χ1) is 9.95. The second-order valence-electron chi connectivity index (χ2n) is 4.42. The fraction of sp³-hybridized carbons (Fsp3) is 0.200. The van der Waals surface area contributed by atoms with E-state index in [1.165, 1.54) is 6.07 Å². The van der Waals surface area contributed by atoms with Crippen molar-refractivity contribution in [1.82, 2.24) is 5.32 Å². The molecule has 0 fully saturated rings. The van der Waals surface area contributed by atoms with Crippen molar-refractivity contribution < 1.29 is 13.2 Å². The van der Waals surface area contributed by atoms with E-state index in [-0.39, 0.29) is 5.56 Å². The molecule has 0 amide bonds. The lowest BCUT2D eigenvalue weighted by molar-refractivity contribution is 0.433. The van der Waals surface area contributed by atoms with Gasteiger partial charge in [0.1, 0.15) is 0 Å². The summed E-state index contributed by atoms with van der Waals surface area (Å²) in [5.74, 6) is -3.79. The predicted octanol–water partition coefficient (Wildman–Crippen LogP) is 5.17. The summed E-state index contributed by atoms with van der Waals surface area (Å²) in [5.41, 5.74) is 0.854. The smallest absolute Gasteiger partial charge is 0.194 e. The Bertz CT molecular complexity index is 664. The fourth-order valence-electron chi connectivity index (χ4n) is 2.09. The lowest BCUT2D eigenvalue weighted by Gasteiger charge is -2.21. The number of nitrogens with one attached hydrogen (secondary N) is 1. The van der Waals surface area contributed by atoms with Gasteiger partial charge < -0.3 is 5.32 Å². The molecular formula is C15H12BrF3IN. The van der Waals surface area contributed by atoms with Gasteiger partial charge in [0.25, 0.3) is 0 Å². The summed E-state index contributed by atoms with van der Waals surface area (Å²) in [6, 6.07) is 7.28. The topological polar surface area (TPSA) is 12.0 Å². The van der Waals surface area contributed by atoms with Gasteiger partial charge in [-0.1, -0.05) is 28.9 Å². The minimum atomic E-state index is -1.45. The summed E-state index contributed by atoms with van der Waals surface area (Å²) in [5, 5.41) is 3.11. The molecule has 1 nitrogen and oxygen atoms in total.